The van der Waals surface area contributed by atoms with Crippen molar-refractivity contribution in [2.24, 2.45) is 5.41 Å². The zero-order valence-corrected chi connectivity index (χ0v) is 11.6. The summed E-state index contributed by atoms with van der Waals surface area (Å²) in [5, 5.41) is 9.55. The Morgan fingerprint density at radius 1 is 1.40 bits per heavy atom. The lowest BCUT2D eigenvalue weighted by Crippen LogP contribution is -2.48. The van der Waals surface area contributed by atoms with Crippen LogP contribution in [0.1, 0.15) is 25.3 Å². The van der Waals surface area contributed by atoms with E-state index in [4.69, 9.17) is 4.74 Å². The molecule has 20 heavy (non-hydrogen) atoms. The van der Waals surface area contributed by atoms with Gasteiger partial charge < -0.3 is 9.64 Å². The molecule has 3 rings (SSSR count). The number of benzene rings is 1. The van der Waals surface area contributed by atoms with Crippen LogP contribution in [0.15, 0.2) is 24.3 Å². The van der Waals surface area contributed by atoms with Gasteiger partial charge in [0.15, 0.2) is 0 Å². The third-order valence-electron chi connectivity index (χ3n) is 4.40. The first-order chi connectivity index (χ1) is 9.68. The maximum Gasteiger partial charge on any atom is 0.247 e. The quantitative estimate of drug-likeness (QED) is 0.786. The molecule has 0 aliphatic carbocycles. The van der Waals surface area contributed by atoms with Crippen molar-refractivity contribution in [2.75, 3.05) is 18.1 Å². The largest absolute Gasteiger partial charge is 0.381 e. The number of hydrogen-bond acceptors (Lipinski definition) is 3. The second-order valence-corrected chi connectivity index (χ2v) is 5.66. The molecule has 0 radical (unpaired) electrons. The molecule has 1 saturated heterocycles. The summed E-state index contributed by atoms with van der Waals surface area (Å²) in [7, 11) is 0. The van der Waals surface area contributed by atoms with Crippen LogP contribution in [0.25, 0.3) is 0 Å². The topological polar surface area (TPSA) is 53.3 Å². The van der Waals surface area contributed by atoms with Gasteiger partial charge in [0.05, 0.1) is 6.07 Å². The van der Waals surface area contributed by atoms with Crippen molar-refractivity contribution < 1.29 is 9.53 Å². The number of ether oxygens (including phenoxy) is 1. The first-order valence-corrected chi connectivity index (χ1v) is 7.08. The molecule has 1 aromatic rings. The Morgan fingerprint density at radius 3 is 2.80 bits per heavy atom. The van der Waals surface area contributed by atoms with E-state index in [1.54, 1.807) is 0 Å². The van der Waals surface area contributed by atoms with Crippen molar-refractivity contribution in [3.05, 3.63) is 29.8 Å². The number of anilines is 1. The summed E-state index contributed by atoms with van der Waals surface area (Å²) in [6, 6.07) is 10.4. The molecular formula is C16H18N2O2. The number of amides is 1. The van der Waals surface area contributed by atoms with Crippen molar-refractivity contribution in [3.8, 4) is 6.07 Å². The normalized spacial score (nSPS) is 24.0. The van der Waals surface area contributed by atoms with Crippen LogP contribution in [0.2, 0.25) is 0 Å². The van der Waals surface area contributed by atoms with Crippen molar-refractivity contribution >= 4 is 11.6 Å². The fourth-order valence-corrected chi connectivity index (χ4v) is 3.20. The average Bonchev–Trinajstić information content (AvgIpc) is 2.83. The van der Waals surface area contributed by atoms with E-state index in [-0.39, 0.29) is 11.9 Å². The van der Waals surface area contributed by atoms with E-state index in [1.807, 2.05) is 30.0 Å². The van der Waals surface area contributed by atoms with E-state index in [9.17, 15) is 10.1 Å². The SMILES string of the molecule is CC1Cc2ccccc2N1C(=O)C1(C#N)CCOCC1. The Kier molecular flexibility index (Phi) is 3.23. The molecule has 1 fully saturated rings. The van der Waals surface area contributed by atoms with Crippen LogP contribution in [0, 0.1) is 16.7 Å². The second kappa shape index (κ2) is 4.92. The molecule has 0 aromatic heterocycles. The van der Waals surface area contributed by atoms with E-state index in [2.05, 4.69) is 12.1 Å². The van der Waals surface area contributed by atoms with Gasteiger partial charge in [0, 0.05) is 24.9 Å². The first-order valence-electron chi connectivity index (χ1n) is 7.08. The van der Waals surface area contributed by atoms with Gasteiger partial charge in [-0.1, -0.05) is 18.2 Å². The molecule has 4 nitrogen and oxygen atoms in total. The van der Waals surface area contributed by atoms with Crippen LogP contribution in [0.3, 0.4) is 0 Å². The predicted octanol–water partition coefficient (Wildman–Crippen LogP) is 2.28. The van der Waals surface area contributed by atoms with Crippen molar-refractivity contribution in [3.63, 3.8) is 0 Å². The van der Waals surface area contributed by atoms with E-state index >= 15 is 0 Å². The molecule has 2 aliphatic heterocycles. The highest BCUT2D eigenvalue weighted by atomic mass is 16.5. The molecule has 4 heteroatoms. The van der Waals surface area contributed by atoms with Gasteiger partial charge in [-0.3, -0.25) is 4.79 Å². The molecule has 0 saturated carbocycles. The summed E-state index contributed by atoms with van der Waals surface area (Å²) in [5.41, 5.74) is 1.24. The van der Waals surface area contributed by atoms with Gasteiger partial charge >= 0.3 is 0 Å². The Balaban J connectivity index is 1.96. The second-order valence-electron chi connectivity index (χ2n) is 5.66. The maximum absolute atomic E-state index is 13.0. The van der Waals surface area contributed by atoms with Crippen LogP contribution >= 0.6 is 0 Å². The molecule has 0 N–H and O–H groups in total. The highest BCUT2D eigenvalue weighted by Crippen LogP contribution is 2.39. The Labute approximate surface area is 118 Å². The number of nitrogens with zero attached hydrogens (tertiary/aromatic N) is 2. The molecule has 2 heterocycles. The van der Waals surface area contributed by atoms with Crippen LogP contribution < -0.4 is 4.90 Å². The monoisotopic (exact) mass is 270 g/mol. The zero-order valence-electron chi connectivity index (χ0n) is 11.6. The molecule has 0 spiro atoms. The minimum atomic E-state index is -0.913. The standard InChI is InChI=1S/C16H18N2O2/c1-12-10-13-4-2-3-5-14(13)18(12)15(19)16(11-17)6-8-20-9-7-16/h2-5,12H,6-10H2,1H3. The molecule has 1 amide bonds. The van der Waals surface area contributed by atoms with Gasteiger partial charge in [0.1, 0.15) is 5.41 Å². The number of carbonyl (C=O) groups excluding carboxylic acids is 1. The first kappa shape index (κ1) is 13.1. The van der Waals surface area contributed by atoms with Crippen LogP contribution in [-0.2, 0) is 16.0 Å². The minimum Gasteiger partial charge on any atom is -0.381 e. The summed E-state index contributed by atoms with van der Waals surface area (Å²) in [5.74, 6) is -0.0549. The lowest BCUT2D eigenvalue weighted by Gasteiger charge is -2.35. The number of nitriles is 1. The number of fused-ring (bicyclic) bond motifs is 1. The highest BCUT2D eigenvalue weighted by Gasteiger charge is 2.46. The zero-order chi connectivity index (χ0) is 14.2. The number of hydrogen-bond donors (Lipinski definition) is 0. The van der Waals surface area contributed by atoms with Gasteiger partial charge in [-0.25, -0.2) is 0 Å². The minimum absolute atomic E-state index is 0.0549. The molecule has 1 aromatic carbocycles. The van der Waals surface area contributed by atoms with E-state index in [0.717, 1.165) is 12.1 Å². The summed E-state index contributed by atoms with van der Waals surface area (Å²) in [4.78, 5) is 14.8. The molecular weight excluding hydrogens is 252 g/mol. The lowest BCUT2D eigenvalue weighted by molar-refractivity contribution is -0.129. The Bertz CT molecular complexity index is 570. The van der Waals surface area contributed by atoms with Crippen molar-refractivity contribution in [2.45, 2.75) is 32.2 Å². The Hall–Kier alpha value is -1.86. The van der Waals surface area contributed by atoms with Crippen LogP contribution in [-0.4, -0.2) is 25.2 Å². The number of para-hydroxylation sites is 1. The third kappa shape index (κ3) is 1.90. The smallest absolute Gasteiger partial charge is 0.247 e. The third-order valence-corrected chi connectivity index (χ3v) is 4.40. The lowest BCUT2D eigenvalue weighted by atomic mass is 9.80. The van der Waals surface area contributed by atoms with E-state index < -0.39 is 5.41 Å². The molecule has 1 atom stereocenters. The van der Waals surface area contributed by atoms with Gasteiger partial charge in [-0.15, -0.1) is 0 Å². The van der Waals surface area contributed by atoms with Gasteiger partial charge in [0.2, 0.25) is 5.91 Å². The van der Waals surface area contributed by atoms with Crippen molar-refractivity contribution in [1.82, 2.24) is 0 Å². The van der Waals surface area contributed by atoms with Gasteiger partial charge in [-0.05, 0) is 37.8 Å². The summed E-state index contributed by atoms with van der Waals surface area (Å²) >= 11 is 0. The number of rotatable bonds is 1. The van der Waals surface area contributed by atoms with Gasteiger partial charge in [0.25, 0.3) is 0 Å². The molecule has 1 unspecified atom stereocenters. The summed E-state index contributed by atoms with van der Waals surface area (Å²) in [6.07, 6.45) is 1.85. The number of carbonyl (C=O) groups is 1. The van der Waals surface area contributed by atoms with E-state index in [0.29, 0.717) is 26.1 Å². The van der Waals surface area contributed by atoms with Crippen LogP contribution in [0.4, 0.5) is 5.69 Å². The van der Waals surface area contributed by atoms with Crippen molar-refractivity contribution in [1.29, 1.82) is 5.26 Å². The Morgan fingerprint density at radius 2 is 2.10 bits per heavy atom. The average molecular weight is 270 g/mol. The fourth-order valence-electron chi connectivity index (χ4n) is 3.20. The fraction of sp³-hybridized carbons (Fsp3) is 0.500. The van der Waals surface area contributed by atoms with Gasteiger partial charge in [-0.2, -0.15) is 5.26 Å². The molecule has 0 bridgehead atoms. The van der Waals surface area contributed by atoms with E-state index in [1.165, 1.54) is 5.56 Å². The molecule has 104 valence electrons. The van der Waals surface area contributed by atoms with Crippen LogP contribution in [0.5, 0.6) is 0 Å². The molecule has 2 aliphatic rings. The summed E-state index contributed by atoms with van der Waals surface area (Å²) in [6.45, 7) is 3.02. The predicted molar refractivity (Wildman–Crippen MR) is 75.2 cm³/mol. The highest BCUT2D eigenvalue weighted by molar-refractivity contribution is 6.01. The maximum atomic E-state index is 13.0. The summed E-state index contributed by atoms with van der Waals surface area (Å²) < 4.78 is 5.31.